The molecule has 0 saturated heterocycles. The standard InChI is InChI=1S/C18H14N6O2S/c25-14(20-18-23-22-17(27-18)13-4-2-1-3-5-13)6-7-15-21-16(24-26-15)12-8-10-19-11-9-12/h1-5,8-11H,6-7H2,(H,20,23,25). The van der Waals surface area contributed by atoms with Gasteiger partial charge in [-0.1, -0.05) is 46.8 Å². The van der Waals surface area contributed by atoms with Crippen LogP contribution < -0.4 is 5.32 Å². The number of aromatic nitrogens is 5. The Kier molecular flexibility index (Phi) is 4.93. The van der Waals surface area contributed by atoms with Gasteiger partial charge >= 0.3 is 0 Å². The molecule has 0 aliphatic rings. The number of hydrogen-bond acceptors (Lipinski definition) is 8. The summed E-state index contributed by atoms with van der Waals surface area (Å²) in [7, 11) is 0. The van der Waals surface area contributed by atoms with E-state index in [0.717, 1.165) is 16.1 Å². The predicted octanol–water partition coefficient (Wildman–Crippen LogP) is 3.22. The summed E-state index contributed by atoms with van der Waals surface area (Å²) in [6, 6.07) is 13.3. The number of nitrogens with zero attached hydrogens (tertiary/aromatic N) is 5. The third-order valence-corrected chi connectivity index (χ3v) is 4.55. The molecule has 0 atom stereocenters. The lowest BCUT2D eigenvalue weighted by atomic mass is 10.2. The molecule has 0 radical (unpaired) electrons. The van der Waals surface area contributed by atoms with E-state index < -0.39 is 0 Å². The molecular formula is C18H14N6O2S. The Hall–Kier alpha value is -3.46. The van der Waals surface area contributed by atoms with Crippen LogP contribution in [-0.4, -0.2) is 31.2 Å². The molecule has 0 fully saturated rings. The second kappa shape index (κ2) is 7.83. The lowest BCUT2D eigenvalue weighted by molar-refractivity contribution is -0.116. The zero-order valence-corrected chi connectivity index (χ0v) is 14.9. The molecule has 0 spiro atoms. The summed E-state index contributed by atoms with van der Waals surface area (Å²) in [6.45, 7) is 0. The van der Waals surface area contributed by atoms with E-state index in [9.17, 15) is 4.79 Å². The lowest BCUT2D eigenvalue weighted by Gasteiger charge is -1.98. The normalized spacial score (nSPS) is 10.7. The summed E-state index contributed by atoms with van der Waals surface area (Å²) in [4.78, 5) is 20.4. The molecule has 0 aliphatic carbocycles. The van der Waals surface area contributed by atoms with Crippen molar-refractivity contribution in [3.63, 3.8) is 0 Å². The molecule has 1 amide bonds. The smallest absolute Gasteiger partial charge is 0.227 e. The molecule has 8 nitrogen and oxygen atoms in total. The van der Waals surface area contributed by atoms with Gasteiger partial charge < -0.3 is 9.84 Å². The van der Waals surface area contributed by atoms with Crippen LogP contribution in [0.2, 0.25) is 0 Å². The summed E-state index contributed by atoms with van der Waals surface area (Å²) in [6.07, 6.45) is 3.86. The fraction of sp³-hybridized carbons (Fsp3) is 0.111. The van der Waals surface area contributed by atoms with Crippen molar-refractivity contribution < 1.29 is 9.32 Å². The zero-order chi connectivity index (χ0) is 18.5. The van der Waals surface area contributed by atoms with E-state index >= 15 is 0 Å². The molecule has 3 aromatic heterocycles. The van der Waals surface area contributed by atoms with E-state index in [1.807, 2.05) is 30.3 Å². The first-order valence-corrected chi connectivity index (χ1v) is 9.01. The van der Waals surface area contributed by atoms with Crippen LogP contribution in [0, 0.1) is 0 Å². The van der Waals surface area contributed by atoms with Crippen LogP contribution in [-0.2, 0) is 11.2 Å². The summed E-state index contributed by atoms with van der Waals surface area (Å²) in [5.41, 5.74) is 1.77. The minimum Gasteiger partial charge on any atom is -0.339 e. The number of carbonyl (C=O) groups excluding carboxylic acids is 1. The van der Waals surface area contributed by atoms with Gasteiger partial charge in [-0.25, -0.2) is 0 Å². The van der Waals surface area contributed by atoms with Crippen molar-refractivity contribution in [2.75, 3.05) is 5.32 Å². The van der Waals surface area contributed by atoms with Crippen LogP contribution in [0.25, 0.3) is 22.0 Å². The maximum Gasteiger partial charge on any atom is 0.227 e. The molecule has 3 heterocycles. The Balaban J connectivity index is 1.33. The van der Waals surface area contributed by atoms with Crippen LogP contribution in [0.3, 0.4) is 0 Å². The van der Waals surface area contributed by atoms with Crippen molar-refractivity contribution in [3.8, 4) is 22.0 Å². The monoisotopic (exact) mass is 378 g/mol. The number of amides is 1. The average Bonchev–Trinajstić information content (AvgIpc) is 3.37. The molecule has 0 aliphatic heterocycles. The largest absolute Gasteiger partial charge is 0.339 e. The predicted molar refractivity (Wildman–Crippen MR) is 99.8 cm³/mol. The summed E-state index contributed by atoms with van der Waals surface area (Å²) >= 11 is 1.33. The van der Waals surface area contributed by atoms with Gasteiger partial charge in [0.15, 0.2) is 0 Å². The van der Waals surface area contributed by atoms with Crippen LogP contribution in [0.4, 0.5) is 5.13 Å². The number of benzene rings is 1. The minimum absolute atomic E-state index is 0.186. The third kappa shape index (κ3) is 4.21. The Morgan fingerprint density at radius 2 is 1.85 bits per heavy atom. The SMILES string of the molecule is O=C(CCc1nc(-c2ccncc2)no1)Nc1nnc(-c2ccccc2)s1. The van der Waals surface area contributed by atoms with Gasteiger partial charge in [-0.05, 0) is 12.1 Å². The summed E-state index contributed by atoms with van der Waals surface area (Å²) < 4.78 is 5.19. The maximum atomic E-state index is 12.1. The van der Waals surface area contributed by atoms with Gasteiger partial charge in [-0.2, -0.15) is 4.98 Å². The maximum absolute atomic E-state index is 12.1. The number of aryl methyl sites for hydroxylation is 1. The first kappa shape index (κ1) is 17.0. The molecule has 0 saturated carbocycles. The highest BCUT2D eigenvalue weighted by molar-refractivity contribution is 7.18. The van der Waals surface area contributed by atoms with Gasteiger partial charge in [0.1, 0.15) is 5.01 Å². The van der Waals surface area contributed by atoms with Crippen molar-refractivity contribution in [2.45, 2.75) is 12.8 Å². The van der Waals surface area contributed by atoms with E-state index in [4.69, 9.17) is 4.52 Å². The van der Waals surface area contributed by atoms with Gasteiger partial charge in [-0.3, -0.25) is 9.78 Å². The quantitative estimate of drug-likeness (QED) is 0.549. The molecule has 4 rings (SSSR count). The molecule has 134 valence electrons. The zero-order valence-electron chi connectivity index (χ0n) is 14.1. The van der Waals surface area contributed by atoms with E-state index in [1.165, 1.54) is 11.3 Å². The summed E-state index contributed by atoms with van der Waals surface area (Å²) in [5.74, 6) is 0.693. The van der Waals surface area contributed by atoms with E-state index in [0.29, 0.717) is 23.3 Å². The fourth-order valence-electron chi connectivity index (χ4n) is 2.35. The molecule has 1 N–H and O–H groups in total. The van der Waals surface area contributed by atoms with E-state index in [-0.39, 0.29) is 12.3 Å². The van der Waals surface area contributed by atoms with Crippen molar-refractivity contribution in [1.29, 1.82) is 0 Å². The molecule has 0 unspecified atom stereocenters. The third-order valence-electron chi connectivity index (χ3n) is 3.66. The van der Waals surface area contributed by atoms with Gasteiger partial charge in [-0.15, -0.1) is 10.2 Å². The molecule has 4 aromatic rings. The first-order chi connectivity index (χ1) is 13.3. The number of hydrogen-bond donors (Lipinski definition) is 1. The number of nitrogens with one attached hydrogen (secondary N) is 1. The Bertz CT molecular complexity index is 1030. The Morgan fingerprint density at radius 1 is 1.04 bits per heavy atom. The number of pyridine rings is 1. The van der Waals surface area contributed by atoms with Crippen LogP contribution in [0.15, 0.2) is 59.4 Å². The molecule has 0 bridgehead atoms. The second-order valence-electron chi connectivity index (χ2n) is 5.57. The molecule has 27 heavy (non-hydrogen) atoms. The molecule has 1 aromatic carbocycles. The van der Waals surface area contributed by atoms with Crippen LogP contribution >= 0.6 is 11.3 Å². The number of carbonyl (C=O) groups is 1. The minimum atomic E-state index is -0.186. The van der Waals surface area contributed by atoms with Crippen molar-refractivity contribution in [2.24, 2.45) is 0 Å². The lowest BCUT2D eigenvalue weighted by Crippen LogP contribution is -2.12. The van der Waals surface area contributed by atoms with Crippen molar-refractivity contribution in [1.82, 2.24) is 25.3 Å². The highest BCUT2D eigenvalue weighted by atomic mass is 32.1. The van der Waals surface area contributed by atoms with E-state index in [1.54, 1.807) is 24.5 Å². The Morgan fingerprint density at radius 3 is 2.67 bits per heavy atom. The van der Waals surface area contributed by atoms with Crippen LogP contribution in [0.1, 0.15) is 12.3 Å². The highest BCUT2D eigenvalue weighted by Gasteiger charge is 2.13. The first-order valence-electron chi connectivity index (χ1n) is 8.20. The molecular weight excluding hydrogens is 364 g/mol. The van der Waals surface area contributed by atoms with Gasteiger partial charge in [0.25, 0.3) is 0 Å². The average molecular weight is 378 g/mol. The second-order valence-corrected chi connectivity index (χ2v) is 6.55. The fourth-order valence-corrected chi connectivity index (χ4v) is 3.11. The topological polar surface area (TPSA) is 107 Å². The van der Waals surface area contributed by atoms with Gasteiger partial charge in [0.2, 0.25) is 22.8 Å². The van der Waals surface area contributed by atoms with Crippen molar-refractivity contribution in [3.05, 3.63) is 60.7 Å². The number of anilines is 1. The molecule has 9 heteroatoms. The number of rotatable bonds is 6. The van der Waals surface area contributed by atoms with Gasteiger partial charge in [0.05, 0.1) is 0 Å². The van der Waals surface area contributed by atoms with Gasteiger partial charge in [0, 0.05) is 36.4 Å². The van der Waals surface area contributed by atoms with Crippen molar-refractivity contribution >= 4 is 22.4 Å². The Labute approximate surface area is 158 Å². The van der Waals surface area contributed by atoms with Crippen LogP contribution in [0.5, 0.6) is 0 Å². The van der Waals surface area contributed by atoms with E-state index in [2.05, 4.69) is 30.6 Å². The highest BCUT2D eigenvalue weighted by Crippen LogP contribution is 2.26. The summed E-state index contributed by atoms with van der Waals surface area (Å²) in [5, 5.41) is 16.0.